The Bertz CT molecular complexity index is 558. The van der Waals surface area contributed by atoms with Gasteiger partial charge in [-0.15, -0.1) is 0 Å². The van der Waals surface area contributed by atoms with Crippen LogP contribution in [0.25, 0.3) is 0 Å². The number of ether oxygens (including phenoxy) is 1. The third kappa shape index (κ3) is 3.86. The summed E-state index contributed by atoms with van der Waals surface area (Å²) >= 11 is 5.98. The molecule has 19 heavy (non-hydrogen) atoms. The first-order chi connectivity index (χ1) is 9.19. The lowest BCUT2D eigenvalue weighted by Crippen LogP contribution is -2.03. The van der Waals surface area contributed by atoms with Gasteiger partial charge in [0.05, 0.1) is 5.69 Å². The molecule has 0 aliphatic rings. The maximum Gasteiger partial charge on any atom is 0.130 e. The number of halogens is 1. The molecule has 100 valence electrons. The van der Waals surface area contributed by atoms with Crippen molar-refractivity contribution in [3.05, 3.63) is 52.7 Å². The van der Waals surface area contributed by atoms with E-state index in [0.717, 1.165) is 34.4 Å². The van der Waals surface area contributed by atoms with E-state index in [9.17, 15) is 0 Å². The van der Waals surface area contributed by atoms with E-state index in [4.69, 9.17) is 16.3 Å². The van der Waals surface area contributed by atoms with E-state index < -0.39 is 0 Å². The van der Waals surface area contributed by atoms with Crippen molar-refractivity contribution in [2.45, 2.75) is 20.5 Å². The van der Waals surface area contributed by atoms with Gasteiger partial charge < -0.3 is 10.1 Å². The molecule has 0 aliphatic carbocycles. The van der Waals surface area contributed by atoms with Crippen molar-refractivity contribution in [2.75, 3.05) is 11.9 Å². The van der Waals surface area contributed by atoms with E-state index in [0.29, 0.717) is 6.61 Å². The second-order valence-corrected chi connectivity index (χ2v) is 4.65. The first-order valence-corrected chi connectivity index (χ1v) is 6.65. The van der Waals surface area contributed by atoms with Gasteiger partial charge in [0.15, 0.2) is 0 Å². The summed E-state index contributed by atoms with van der Waals surface area (Å²) in [5, 5.41) is 3.93. The molecule has 0 fully saturated rings. The molecule has 2 rings (SSSR count). The summed E-state index contributed by atoms with van der Waals surface area (Å²) in [6, 6.07) is 11.5. The predicted molar refractivity (Wildman–Crippen MR) is 78.9 cm³/mol. The summed E-state index contributed by atoms with van der Waals surface area (Å²) in [6.07, 6.45) is 0. The summed E-state index contributed by atoms with van der Waals surface area (Å²) < 4.78 is 5.71. The molecule has 0 radical (unpaired) electrons. The minimum atomic E-state index is 0.445. The average molecular weight is 277 g/mol. The lowest BCUT2D eigenvalue weighted by molar-refractivity contribution is 0.301. The standard InChI is InChI=1S/C15H17ClN2O/c1-3-17-15-6-4-5-12(18-15)10-19-13-7-8-14(16)11(2)9-13/h4-9H,3,10H2,1-2H3,(H,17,18). The monoisotopic (exact) mass is 276 g/mol. The van der Waals surface area contributed by atoms with Crippen LogP contribution in [0.4, 0.5) is 5.82 Å². The van der Waals surface area contributed by atoms with Gasteiger partial charge in [0, 0.05) is 11.6 Å². The number of pyridine rings is 1. The van der Waals surface area contributed by atoms with E-state index in [-0.39, 0.29) is 0 Å². The number of benzene rings is 1. The maximum absolute atomic E-state index is 5.98. The van der Waals surface area contributed by atoms with Crippen LogP contribution in [0.3, 0.4) is 0 Å². The van der Waals surface area contributed by atoms with Crippen molar-refractivity contribution in [1.29, 1.82) is 0 Å². The zero-order chi connectivity index (χ0) is 13.7. The molecule has 0 atom stereocenters. The normalized spacial score (nSPS) is 10.3. The van der Waals surface area contributed by atoms with Crippen molar-refractivity contribution in [1.82, 2.24) is 4.98 Å². The van der Waals surface area contributed by atoms with Crippen LogP contribution >= 0.6 is 11.6 Å². The van der Waals surface area contributed by atoms with Crippen molar-refractivity contribution < 1.29 is 4.74 Å². The van der Waals surface area contributed by atoms with Crippen LogP contribution in [-0.2, 0) is 6.61 Å². The number of hydrogen-bond acceptors (Lipinski definition) is 3. The fraction of sp³-hybridized carbons (Fsp3) is 0.267. The number of aryl methyl sites for hydroxylation is 1. The number of nitrogens with zero attached hydrogens (tertiary/aromatic N) is 1. The molecule has 3 nitrogen and oxygen atoms in total. The Kier molecular flexibility index (Phi) is 4.63. The van der Waals surface area contributed by atoms with Crippen molar-refractivity contribution in [3.8, 4) is 5.75 Å². The van der Waals surface area contributed by atoms with E-state index in [1.165, 1.54) is 0 Å². The van der Waals surface area contributed by atoms with Crippen LogP contribution in [0.15, 0.2) is 36.4 Å². The molecule has 0 spiro atoms. The fourth-order valence-corrected chi connectivity index (χ4v) is 1.82. The Labute approximate surface area is 118 Å². The Morgan fingerprint density at radius 2 is 2.11 bits per heavy atom. The van der Waals surface area contributed by atoms with Gasteiger partial charge in [-0.25, -0.2) is 4.98 Å². The summed E-state index contributed by atoms with van der Waals surface area (Å²) in [5.74, 6) is 1.67. The highest BCUT2D eigenvalue weighted by Gasteiger charge is 2.01. The lowest BCUT2D eigenvalue weighted by Gasteiger charge is -2.09. The smallest absolute Gasteiger partial charge is 0.130 e. The molecule has 4 heteroatoms. The quantitative estimate of drug-likeness (QED) is 0.894. The number of rotatable bonds is 5. The van der Waals surface area contributed by atoms with Gasteiger partial charge in [-0.05, 0) is 49.7 Å². The number of nitrogens with one attached hydrogen (secondary N) is 1. The van der Waals surface area contributed by atoms with Crippen LogP contribution < -0.4 is 10.1 Å². The number of anilines is 1. The second-order valence-electron chi connectivity index (χ2n) is 4.24. The molecular formula is C15H17ClN2O. The van der Waals surface area contributed by atoms with Crippen molar-refractivity contribution >= 4 is 17.4 Å². The predicted octanol–water partition coefficient (Wildman–Crippen LogP) is 4.05. The highest BCUT2D eigenvalue weighted by Crippen LogP contribution is 2.21. The summed E-state index contributed by atoms with van der Waals surface area (Å²) in [4.78, 5) is 4.46. The first kappa shape index (κ1) is 13.7. The topological polar surface area (TPSA) is 34.1 Å². The van der Waals surface area contributed by atoms with E-state index in [1.54, 1.807) is 0 Å². The largest absolute Gasteiger partial charge is 0.487 e. The molecule has 0 saturated carbocycles. The number of hydrogen-bond donors (Lipinski definition) is 1. The Morgan fingerprint density at radius 3 is 2.84 bits per heavy atom. The van der Waals surface area contributed by atoms with Gasteiger partial charge >= 0.3 is 0 Å². The molecule has 0 bridgehead atoms. The van der Waals surface area contributed by atoms with Crippen LogP contribution in [0.5, 0.6) is 5.75 Å². The third-order valence-electron chi connectivity index (χ3n) is 2.68. The molecule has 0 aliphatic heterocycles. The summed E-state index contributed by atoms with van der Waals surface area (Å²) in [7, 11) is 0. The highest BCUT2D eigenvalue weighted by atomic mass is 35.5. The molecule has 1 aromatic heterocycles. The second kappa shape index (κ2) is 6.43. The molecule has 2 aromatic rings. The van der Waals surface area contributed by atoms with Crippen LogP contribution in [0, 0.1) is 6.92 Å². The van der Waals surface area contributed by atoms with Gasteiger partial charge in [-0.3, -0.25) is 0 Å². The minimum absolute atomic E-state index is 0.445. The Hall–Kier alpha value is -1.74. The van der Waals surface area contributed by atoms with Gasteiger partial charge in [-0.2, -0.15) is 0 Å². The third-order valence-corrected chi connectivity index (χ3v) is 3.10. The Balaban J connectivity index is 2.01. The van der Waals surface area contributed by atoms with E-state index in [1.807, 2.05) is 50.2 Å². The Morgan fingerprint density at radius 1 is 1.26 bits per heavy atom. The first-order valence-electron chi connectivity index (χ1n) is 6.28. The average Bonchev–Trinajstić information content (AvgIpc) is 2.41. The molecule has 1 N–H and O–H groups in total. The van der Waals surface area contributed by atoms with Crippen molar-refractivity contribution in [3.63, 3.8) is 0 Å². The number of aromatic nitrogens is 1. The summed E-state index contributed by atoms with van der Waals surface area (Å²) in [5.41, 5.74) is 1.90. The van der Waals surface area contributed by atoms with E-state index >= 15 is 0 Å². The molecule has 0 saturated heterocycles. The van der Waals surface area contributed by atoms with Gasteiger partial charge in [-0.1, -0.05) is 17.7 Å². The van der Waals surface area contributed by atoms with Gasteiger partial charge in [0.2, 0.25) is 0 Å². The SMILES string of the molecule is CCNc1cccc(COc2ccc(Cl)c(C)c2)n1. The summed E-state index contributed by atoms with van der Waals surface area (Å²) in [6.45, 7) is 5.30. The van der Waals surface area contributed by atoms with Crippen LogP contribution in [0.1, 0.15) is 18.2 Å². The minimum Gasteiger partial charge on any atom is -0.487 e. The highest BCUT2D eigenvalue weighted by molar-refractivity contribution is 6.31. The van der Waals surface area contributed by atoms with Crippen LogP contribution in [0.2, 0.25) is 5.02 Å². The fourth-order valence-electron chi connectivity index (χ4n) is 1.70. The van der Waals surface area contributed by atoms with Gasteiger partial charge in [0.25, 0.3) is 0 Å². The van der Waals surface area contributed by atoms with Crippen LogP contribution in [-0.4, -0.2) is 11.5 Å². The molecule has 0 amide bonds. The zero-order valence-corrected chi connectivity index (χ0v) is 11.9. The molecular weight excluding hydrogens is 260 g/mol. The lowest BCUT2D eigenvalue weighted by atomic mass is 10.2. The molecule has 0 unspecified atom stereocenters. The van der Waals surface area contributed by atoms with E-state index in [2.05, 4.69) is 10.3 Å². The van der Waals surface area contributed by atoms with Gasteiger partial charge in [0.1, 0.15) is 18.2 Å². The maximum atomic E-state index is 5.98. The van der Waals surface area contributed by atoms with Crippen molar-refractivity contribution in [2.24, 2.45) is 0 Å². The molecule has 1 aromatic carbocycles. The molecule has 1 heterocycles. The zero-order valence-electron chi connectivity index (χ0n) is 11.1.